The number of amides is 1. The van der Waals surface area contributed by atoms with Crippen LogP contribution in [0.5, 0.6) is 0 Å². The molecule has 0 spiro atoms. The van der Waals surface area contributed by atoms with E-state index in [0.717, 1.165) is 21.3 Å². The van der Waals surface area contributed by atoms with Gasteiger partial charge in [0.05, 0.1) is 22.3 Å². The molecule has 1 aromatic heterocycles. The number of thiophene rings is 1. The van der Waals surface area contributed by atoms with Gasteiger partial charge in [-0.15, -0.1) is 17.9 Å². The van der Waals surface area contributed by atoms with Crippen molar-refractivity contribution in [3.05, 3.63) is 64.1 Å². The van der Waals surface area contributed by atoms with E-state index < -0.39 is 15.8 Å². The molecule has 2 aromatic rings. The first-order valence-corrected chi connectivity index (χ1v) is 10.2. The molecule has 0 N–H and O–H groups in total. The Kier molecular flexibility index (Phi) is 6.94. The molecule has 0 aliphatic heterocycles. The van der Waals surface area contributed by atoms with Gasteiger partial charge in [0, 0.05) is 18.5 Å². The fraction of sp³-hybridized carbons (Fsp3) is 0.235. The molecule has 0 radical (unpaired) electrons. The number of hydrogen-bond donors (Lipinski definition) is 0. The third kappa shape index (κ3) is 5.14. The van der Waals surface area contributed by atoms with Crippen LogP contribution in [0.1, 0.15) is 4.88 Å². The zero-order valence-electron chi connectivity index (χ0n) is 14.1. The van der Waals surface area contributed by atoms with E-state index in [0.29, 0.717) is 10.9 Å². The average molecular weight is 417 g/mol. The van der Waals surface area contributed by atoms with Crippen LogP contribution in [0.15, 0.2) is 53.9 Å². The fourth-order valence-corrected chi connectivity index (χ4v) is 4.42. The van der Waals surface area contributed by atoms with Crippen LogP contribution in [0.2, 0.25) is 4.34 Å². The maximum Gasteiger partial charge on any atom is 0.243 e. The van der Waals surface area contributed by atoms with Crippen molar-refractivity contribution in [1.29, 1.82) is 0 Å². The molecule has 140 valence electrons. The molecule has 0 bridgehead atoms. The lowest BCUT2D eigenvalue weighted by molar-refractivity contribution is -0.131. The minimum atomic E-state index is -3.89. The summed E-state index contributed by atoms with van der Waals surface area (Å²) in [4.78, 5) is 14.9. The molecule has 1 heterocycles. The monoisotopic (exact) mass is 416 g/mol. The molecule has 0 unspecified atom stereocenters. The molecule has 5 nitrogen and oxygen atoms in total. The van der Waals surface area contributed by atoms with Crippen LogP contribution in [-0.2, 0) is 21.4 Å². The maximum absolute atomic E-state index is 13.0. The lowest BCUT2D eigenvalue weighted by Crippen LogP contribution is -2.40. The van der Waals surface area contributed by atoms with Crippen molar-refractivity contribution in [2.45, 2.75) is 11.4 Å². The van der Waals surface area contributed by atoms with E-state index in [9.17, 15) is 17.6 Å². The topological polar surface area (TPSA) is 57.7 Å². The molecule has 1 amide bonds. The van der Waals surface area contributed by atoms with Crippen molar-refractivity contribution in [2.24, 2.45) is 0 Å². The van der Waals surface area contributed by atoms with E-state index in [-0.39, 0.29) is 23.9 Å². The van der Waals surface area contributed by atoms with Crippen LogP contribution in [0.25, 0.3) is 0 Å². The molecular weight excluding hydrogens is 399 g/mol. The van der Waals surface area contributed by atoms with E-state index in [2.05, 4.69) is 6.58 Å². The molecule has 0 aliphatic rings. The zero-order valence-corrected chi connectivity index (χ0v) is 16.5. The Morgan fingerprint density at radius 3 is 2.46 bits per heavy atom. The number of likely N-dealkylation sites (N-methyl/N-ethyl adjacent to an activating group) is 1. The average Bonchev–Trinajstić information content (AvgIpc) is 2.99. The highest BCUT2D eigenvalue weighted by molar-refractivity contribution is 7.89. The first kappa shape index (κ1) is 20.6. The minimum absolute atomic E-state index is 0.0745. The van der Waals surface area contributed by atoms with Gasteiger partial charge in [0.15, 0.2) is 0 Å². The number of benzene rings is 1. The lowest BCUT2D eigenvalue weighted by atomic mass is 10.3. The molecule has 1 aromatic carbocycles. The number of nitrogens with zero attached hydrogens (tertiary/aromatic N) is 2. The summed E-state index contributed by atoms with van der Waals surface area (Å²) in [5.74, 6) is -0.906. The van der Waals surface area contributed by atoms with Gasteiger partial charge in [-0.3, -0.25) is 4.79 Å². The Bertz CT molecular complexity index is 882. The minimum Gasteiger partial charge on any atom is -0.333 e. The van der Waals surface area contributed by atoms with Gasteiger partial charge in [0.2, 0.25) is 15.9 Å². The van der Waals surface area contributed by atoms with E-state index in [4.69, 9.17) is 11.6 Å². The first-order valence-electron chi connectivity index (χ1n) is 7.59. The largest absolute Gasteiger partial charge is 0.333 e. The summed E-state index contributed by atoms with van der Waals surface area (Å²) in [6.07, 6.45) is 1.57. The van der Waals surface area contributed by atoms with E-state index in [1.807, 2.05) is 6.07 Å². The molecule has 0 atom stereocenters. The number of halogens is 2. The van der Waals surface area contributed by atoms with Crippen LogP contribution >= 0.6 is 22.9 Å². The van der Waals surface area contributed by atoms with Crippen molar-refractivity contribution in [3.63, 3.8) is 0 Å². The van der Waals surface area contributed by atoms with Gasteiger partial charge >= 0.3 is 0 Å². The Labute approximate surface area is 161 Å². The highest BCUT2D eigenvalue weighted by Gasteiger charge is 2.25. The molecule has 9 heteroatoms. The molecule has 0 saturated carbocycles. The number of hydrogen-bond acceptors (Lipinski definition) is 4. The van der Waals surface area contributed by atoms with E-state index in [1.165, 1.54) is 35.4 Å². The SMILES string of the molecule is C=CCN(Cc1ccc(Cl)s1)C(=O)CN(C)S(=O)(=O)c1ccc(F)cc1. The van der Waals surface area contributed by atoms with Crippen LogP contribution in [-0.4, -0.2) is 43.7 Å². The first-order chi connectivity index (χ1) is 12.2. The van der Waals surface area contributed by atoms with Gasteiger partial charge in [-0.1, -0.05) is 17.7 Å². The summed E-state index contributed by atoms with van der Waals surface area (Å²) in [5.41, 5.74) is 0. The predicted molar refractivity (Wildman–Crippen MR) is 101 cm³/mol. The summed E-state index contributed by atoms with van der Waals surface area (Å²) in [5, 5.41) is 0. The van der Waals surface area contributed by atoms with Crippen LogP contribution in [0, 0.1) is 5.82 Å². The smallest absolute Gasteiger partial charge is 0.243 e. The molecular formula is C17H18ClFN2O3S2. The maximum atomic E-state index is 13.0. The lowest BCUT2D eigenvalue weighted by Gasteiger charge is -2.24. The van der Waals surface area contributed by atoms with E-state index >= 15 is 0 Å². The third-order valence-corrected chi connectivity index (χ3v) is 6.59. The van der Waals surface area contributed by atoms with E-state index in [1.54, 1.807) is 12.1 Å². The van der Waals surface area contributed by atoms with Gasteiger partial charge in [0.1, 0.15) is 5.82 Å². The molecule has 26 heavy (non-hydrogen) atoms. The molecule has 0 saturated heterocycles. The summed E-state index contributed by atoms with van der Waals surface area (Å²) in [6.45, 7) is 3.88. The molecule has 2 rings (SSSR count). The summed E-state index contributed by atoms with van der Waals surface area (Å²) < 4.78 is 39.6. The zero-order chi connectivity index (χ0) is 19.3. The predicted octanol–water partition coefficient (Wildman–Crippen LogP) is 3.38. The van der Waals surface area contributed by atoms with Gasteiger partial charge in [-0.25, -0.2) is 12.8 Å². The van der Waals surface area contributed by atoms with Crippen molar-refractivity contribution in [2.75, 3.05) is 20.1 Å². The van der Waals surface area contributed by atoms with Crippen LogP contribution in [0.3, 0.4) is 0 Å². The highest BCUT2D eigenvalue weighted by atomic mass is 35.5. The third-order valence-electron chi connectivity index (χ3n) is 3.56. The summed E-state index contributed by atoms with van der Waals surface area (Å²) in [7, 11) is -2.58. The summed E-state index contributed by atoms with van der Waals surface area (Å²) >= 11 is 7.26. The standard InChI is InChI=1S/C17H18ClFN2O3S2/c1-3-10-21(11-14-6-9-16(18)25-14)17(22)12-20(2)26(23,24)15-7-4-13(19)5-8-15/h3-9H,1,10-12H2,2H3. The molecule has 0 fully saturated rings. The normalized spacial score (nSPS) is 11.5. The number of rotatable bonds is 8. The number of carbonyl (C=O) groups is 1. The molecule has 0 aliphatic carbocycles. The highest BCUT2D eigenvalue weighted by Crippen LogP contribution is 2.23. The van der Waals surface area contributed by atoms with Gasteiger partial charge in [-0.2, -0.15) is 4.31 Å². The van der Waals surface area contributed by atoms with Gasteiger partial charge in [-0.05, 0) is 36.4 Å². The van der Waals surface area contributed by atoms with Crippen molar-refractivity contribution in [1.82, 2.24) is 9.21 Å². The second-order valence-electron chi connectivity index (χ2n) is 5.48. The Hall–Kier alpha value is -1.74. The Morgan fingerprint density at radius 2 is 1.92 bits per heavy atom. The van der Waals surface area contributed by atoms with Gasteiger partial charge < -0.3 is 4.90 Å². The second kappa shape index (κ2) is 8.77. The number of sulfonamides is 1. The van der Waals surface area contributed by atoms with Crippen molar-refractivity contribution < 1.29 is 17.6 Å². The fourth-order valence-electron chi connectivity index (χ4n) is 2.20. The summed E-state index contributed by atoms with van der Waals surface area (Å²) in [6, 6.07) is 8.01. The second-order valence-corrected chi connectivity index (χ2v) is 9.33. The Balaban J connectivity index is 2.11. The van der Waals surface area contributed by atoms with Gasteiger partial charge in [0.25, 0.3) is 0 Å². The van der Waals surface area contributed by atoms with Crippen LogP contribution < -0.4 is 0 Å². The van der Waals surface area contributed by atoms with Crippen molar-refractivity contribution in [3.8, 4) is 0 Å². The number of carbonyl (C=O) groups excluding carboxylic acids is 1. The quantitative estimate of drug-likeness (QED) is 0.620. The Morgan fingerprint density at radius 1 is 1.27 bits per heavy atom. The van der Waals surface area contributed by atoms with Crippen LogP contribution in [0.4, 0.5) is 4.39 Å². The van der Waals surface area contributed by atoms with Crippen molar-refractivity contribution >= 4 is 38.9 Å².